The quantitative estimate of drug-likeness (QED) is 0.907. The first-order valence-corrected chi connectivity index (χ1v) is 8.38. The minimum absolute atomic E-state index is 0.511. The van der Waals surface area contributed by atoms with Gasteiger partial charge in [-0.2, -0.15) is 5.10 Å². The highest BCUT2D eigenvalue weighted by Gasteiger charge is 2.26. The van der Waals surface area contributed by atoms with E-state index in [-0.39, 0.29) is 0 Å². The van der Waals surface area contributed by atoms with Crippen molar-refractivity contribution in [2.45, 2.75) is 45.2 Å². The van der Waals surface area contributed by atoms with Crippen molar-refractivity contribution in [3.8, 4) is 0 Å². The third kappa shape index (κ3) is 2.96. The number of hydrogen-bond acceptors (Lipinski definition) is 3. The Morgan fingerprint density at radius 1 is 1.45 bits per heavy atom. The van der Waals surface area contributed by atoms with Crippen molar-refractivity contribution in [1.29, 1.82) is 0 Å². The van der Waals surface area contributed by atoms with Gasteiger partial charge in [0, 0.05) is 36.3 Å². The minimum Gasteiger partial charge on any atom is -0.305 e. The number of thiophene rings is 1. The lowest BCUT2D eigenvalue weighted by molar-refractivity contribution is 0.370. The van der Waals surface area contributed by atoms with Crippen molar-refractivity contribution in [1.82, 2.24) is 15.1 Å². The van der Waals surface area contributed by atoms with Gasteiger partial charge in [0.2, 0.25) is 0 Å². The molecular formula is C16H23N3S. The van der Waals surface area contributed by atoms with E-state index in [1.165, 1.54) is 36.1 Å². The van der Waals surface area contributed by atoms with Crippen LogP contribution in [0, 0.1) is 12.8 Å². The summed E-state index contributed by atoms with van der Waals surface area (Å²) >= 11 is 1.88. The van der Waals surface area contributed by atoms with Gasteiger partial charge in [-0.05, 0) is 37.1 Å². The van der Waals surface area contributed by atoms with E-state index in [0.717, 1.165) is 18.2 Å². The zero-order valence-electron chi connectivity index (χ0n) is 12.3. The summed E-state index contributed by atoms with van der Waals surface area (Å²) in [5, 5.41) is 10.4. The van der Waals surface area contributed by atoms with Crippen LogP contribution in [0.2, 0.25) is 0 Å². The Hall–Kier alpha value is -1.13. The first-order valence-electron chi connectivity index (χ1n) is 7.50. The Morgan fingerprint density at radius 3 is 2.85 bits per heavy atom. The molecule has 0 amide bonds. The molecule has 3 rings (SSSR count). The normalized spacial score (nSPS) is 17.7. The third-order valence-electron chi connectivity index (χ3n) is 4.35. The zero-order valence-corrected chi connectivity index (χ0v) is 13.1. The lowest BCUT2D eigenvalue weighted by Crippen LogP contribution is -2.26. The summed E-state index contributed by atoms with van der Waals surface area (Å²) in [5.74, 6) is 0.797. The van der Waals surface area contributed by atoms with Crippen LogP contribution in [0.25, 0.3) is 0 Å². The Morgan fingerprint density at radius 2 is 2.25 bits per heavy atom. The topological polar surface area (TPSA) is 29.9 Å². The van der Waals surface area contributed by atoms with Crippen molar-refractivity contribution in [3.63, 3.8) is 0 Å². The van der Waals surface area contributed by atoms with Gasteiger partial charge < -0.3 is 5.32 Å². The highest BCUT2D eigenvalue weighted by atomic mass is 32.1. The molecule has 2 aromatic rings. The van der Waals surface area contributed by atoms with Gasteiger partial charge in [-0.1, -0.05) is 18.9 Å². The van der Waals surface area contributed by atoms with E-state index in [1.54, 1.807) is 0 Å². The highest BCUT2D eigenvalue weighted by Crippen LogP contribution is 2.37. The minimum atomic E-state index is 0.511. The van der Waals surface area contributed by atoms with Crippen molar-refractivity contribution in [2.75, 3.05) is 0 Å². The maximum atomic E-state index is 4.43. The van der Waals surface area contributed by atoms with E-state index in [0.29, 0.717) is 6.04 Å². The van der Waals surface area contributed by atoms with E-state index in [2.05, 4.69) is 41.0 Å². The summed E-state index contributed by atoms with van der Waals surface area (Å²) in [6.07, 6.45) is 7.63. The molecular weight excluding hydrogens is 266 g/mol. The maximum Gasteiger partial charge on any atom is 0.0638 e. The number of nitrogens with one attached hydrogen (secondary N) is 1. The second kappa shape index (κ2) is 6.10. The SMILES string of the molecule is Cc1nn(C)cc1CNC(c1cccs1)C1CCCC1. The molecule has 1 fully saturated rings. The summed E-state index contributed by atoms with van der Waals surface area (Å²) in [6, 6.07) is 4.95. The van der Waals surface area contributed by atoms with Gasteiger partial charge in [0.1, 0.15) is 0 Å². The first kappa shape index (κ1) is 13.8. The largest absolute Gasteiger partial charge is 0.305 e. The molecule has 0 bridgehead atoms. The van der Waals surface area contributed by atoms with Gasteiger partial charge in [0.15, 0.2) is 0 Å². The summed E-state index contributed by atoms with van der Waals surface area (Å²) in [5.41, 5.74) is 2.45. The molecule has 0 radical (unpaired) electrons. The molecule has 1 aliphatic rings. The fourth-order valence-electron chi connectivity index (χ4n) is 3.30. The fraction of sp³-hybridized carbons (Fsp3) is 0.562. The molecule has 2 aromatic heterocycles. The third-order valence-corrected chi connectivity index (χ3v) is 5.30. The first-order chi connectivity index (χ1) is 9.74. The van der Waals surface area contributed by atoms with Crippen LogP contribution in [0.3, 0.4) is 0 Å². The van der Waals surface area contributed by atoms with Crippen LogP contribution in [0.15, 0.2) is 23.7 Å². The van der Waals surface area contributed by atoms with Crippen molar-refractivity contribution in [3.05, 3.63) is 39.8 Å². The molecule has 0 aromatic carbocycles. The zero-order chi connectivity index (χ0) is 13.9. The number of rotatable bonds is 5. The number of nitrogens with zero attached hydrogens (tertiary/aromatic N) is 2. The predicted molar refractivity (Wildman–Crippen MR) is 83.8 cm³/mol. The summed E-state index contributed by atoms with van der Waals surface area (Å²) in [6.45, 7) is 3.01. The Labute approximate surface area is 125 Å². The molecule has 1 aliphatic carbocycles. The summed E-state index contributed by atoms with van der Waals surface area (Å²) < 4.78 is 1.90. The molecule has 0 aliphatic heterocycles. The van der Waals surface area contributed by atoms with Crippen LogP contribution in [-0.2, 0) is 13.6 Å². The molecule has 1 atom stereocenters. The Balaban J connectivity index is 1.71. The Bertz CT molecular complexity index is 538. The second-order valence-corrected chi connectivity index (χ2v) is 6.81. The average molecular weight is 289 g/mol. The van der Waals surface area contributed by atoms with Gasteiger partial charge in [-0.3, -0.25) is 4.68 Å². The molecule has 0 saturated heterocycles. The highest BCUT2D eigenvalue weighted by molar-refractivity contribution is 7.10. The molecule has 20 heavy (non-hydrogen) atoms. The molecule has 1 saturated carbocycles. The van der Waals surface area contributed by atoms with Gasteiger partial charge in [0.25, 0.3) is 0 Å². The van der Waals surface area contributed by atoms with Crippen LogP contribution in [0.4, 0.5) is 0 Å². The van der Waals surface area contributed by atoms with E-state index in [1.807, 2.05) is 23.1 Å². The molecule has 4 heteroatoms. The van der Waals surface area contributed by atoms with E-state index < -0.39 is 0 Å². The van der Waals surface area contributed by atoms with E-state index in [4.69, 9.17) is 0 Å². The summed E-state index contributed by atoms with van der Waals surface area (Å²) in [7, 11) is 1.99. The van der Waals surface area contributed by atoms with Crippen LogP contribution in [0.1, 0.15) is 47.9 Å². The van der Waals surface area contributed by atoms with Crippen LogP contribution in [-0.4, -0.2) is 9.78 Å². The number of hydrogen-bond donors (Lipinski definition) is 1. The van der Waals surface area contributed by atoms with Crippen LogP contribution in [0.5, 0.6) is 0 Å². The van der Waals surface area contributed by atoms with Crippen molar-refractivity contribution >= 4 is 11.3 Å². The van der Waals surface area contributed by atoms with E-state index in [9.17, 15) is 0 Å². The smallest absolute Gasteiger partial charge is 0.0638 e. The Kier molecular flexibility index (Phi) is 4.22. The molecule has 1 unspecified atom stereocenters. The van der Waals surface area contributed by atoms with Crippen molar-refractivity contribution < 1.29 is 0 Å². The standard InChI is InChI=1S/C16H23N3S/c1-12-14(11-19(2)18-12)10-17-16(13-6-3-4-7-13)15-8-5-9-20-15/h5,8-9,11,13,16-17H,3-4,6-7,10H2,1-2H3. The van der Waals surface area contributed by atoms with Gasteiger partial charge in [-0.25, -0.2) is 0 Å². The molecule has 1 N–H and O–H groups in total. The van der Waals surface area contributed by atoms with E-state index >= 15 is 0 Å². The average Bonchev–Trinajstić information content (AvgIpc) is 3.14. The molecule has 0 spiro atoms. The van der Waals surface area contributed by atoms with Gasteiger partial charge in [-0.15, -0.1) is 11.3 Å². The maximum absolute atomic E-state index is 4.43. The second-order valence-electron chi connectivity index (χ2n) is 5.83. The molecule has 2 heterocycles. The van der Waals surface area contributed by atoms with Crippen LogP contribution >= 0.6 is 11.3 Å². The summed E-state index contributed by atoms with van der Waals surface area (Å²) in [4.78, 5) is 1.48. The lowest BCUT2D eigenvalue weighted by atomic mass is 9.96. The number of aryl methyl sites for hydroxylation is 2. The van der Waals surface area contributed by atoms with Gasteiger partial charge >= 0.3 is 0 Å². The molecule has 108 valence electrons. The lowest BCUT2D eigenvalue weighted by Gasteiger charge is -2.23. The van der Waals surface area contributed by atoms with Crippen molar-refractivity contribution in [2.24, 2.45) is 13.0 Å². The molecule has 3 nitrogen and oxygen atoms in total. The van der Waals surface area contributed by atoms with Gasteiger partial charge in [0.05, 0.1) is 5.69 Å². The predicted octanol–water partition coefficient (Wildman–Crippen LogP) is 3.81. The number of aromatic nitrogens is 2. The fourth-order valence-corrected chi connectivity index (χ4v) is 4.19. The monoisotopic (exact) mass is 289 g/mol. The van der Waals surface area contributed by atoms with Crippen LogP contribution < -0.4 is 5.32 Å².